The molecule has 2 radical (unpaired) electrons. The molecule has 0 bridgehead atoms. The number of carbonyl (C=O) groups excluding carboxylic acids is 1. The zero-order valence-corrected chi connectivity index (χ0v) is 8.27. The smallest absolute Gasteiger partial charge is 0.229 e. The maximum Gasteiger partial charge on any atom is 0.229 e. The highest BCUT2D eigenvalue weighted by Gasteiger charge is 1.97. The van der Waals surface area contributed by atoms with Gasteiger partial charge in [-0.3, -0.25) is 4.79 Å². The molecule has 1 fully saturated rings. The van der Waals surface area contributed by atoms with E-state index in [1.165, 1.54) is 18.9 Å². The van der Waals surface area contributed by atoms with Crippen LogP contribution in [0, 0.1) is 0 Å². The first-order valence-electron chi connectivity index (χ1n) is 3.51. The molecule has 1 amide bonds. The number of thiol groups is 1. The van der Waals surface area contributed by atoms with Gasteiger partial charge in [-0.1, -0.05) is 6.42 Å². The van der Waals surface area contributed by atoms with Crippen molar-refractivity contribution in [3.05, 3.63) is 0 Å². The first-order valence-corrected chi connectivity index (χ1v) is 5.26. The van der Waals surface area contributed by atoms with E-state index in [1.54, 1.807) is 0 Å². The van der Waals surface area contributed by atoms with Crippen molar-refractivity contribution < 1.29 is 9.22 Å². The van der Waals surface area contributed by atoms with Gasteiger partial charge in [0.1, 0.15) is 0 Å². The van der Waals surface area contributed by atoms with E-state index in [0.717, 1.165) is 16.4 Å². The summed E-state index contributed by atoms with van der Waals surface area (Å²) in [6.07, 6.45) is 2.67. The Bertz CT molecular complexity index is 97.2. The molecule has 0 atom stereocenters. The number of hydrogen-bond donors (Lipinski definition) is 2. The molecule has 3 nitrogen and oxygen atoms in total. The molecular weight excluding hydrogens is 178 g/mol. The molecule has 1 saturated heterocycles. The van der Waals surface area contributed by atoms with E-state index < -0.39 is 0 Å². The minimum Gasteiger partial charge on any atom is -0.417 e. The van der Waals surface area contributed by atoms with E-state index in [9.17, 15) is 4.79 Å². The largest absolute Gasteiger partial charge is 0.417 e. The Morgan fingerprint density at radius 3 is 2.36 bits per heavy atom. The second kappa shape index (κ2) is 8.10. The van der Waals surface area contributed by atoms with Crippen molar-refractivity contribution >= 4 is 28.3 Å². The second-order valence-corrected chi connectivity index (χ2v) is 3.47. The summed E-state index contributed by atoms with van der Waals surface area (Å²) < 4.78 is 5.10. The van der Waals surface area contributed by atoms with Crippen molar-refractivity contribution in [3.8, 4) is 0 Å². The van der Waals surface area contributed by atoms with Crippen LogP contribution in [-0.2, 0) is 9.22 Å². The van der Waals surface area contributed by atoms with Crippen LogP contribution in [0.2, 0.25) is 6.04 Å². The van der Waals surface area contributed by atoms with Gasteiger partial charge in [-0.05, 0) is 12.5 Å². The Labute approximate surface area is 75.0 Å². The molecule has 1 aliphatic heterocycles. The normalized spacial score (nSPS) is 16.5. The number of rotatable bonds is 1. The Hall–Kier alpha value is -0.00312. The Morgan fingerprint density at radius 2 is 2.27 bits per heavy atom. The summed E-state index contributed by atoms with van der Waals surface area (Å²) in [5, 5.41) is 0. The monoisotopic (exact) mass is 191 g/mol. The van der Waals surface area contributed by atoms with Crippen LogP contribution in [0.1, 0.15) is 12.8 Å². The van der Waals surface area contributed by atoms with E-state index in [2.05, 4.69) is 18.4 Å². The van der Waals surface area contributed by atoms with Crippen LogP contribution in [0.5, 0.6) is 0 Å². The van der Waals surface area contributed by atoms with Gasteiger partial charge in [0.25, 0.3) is 0 Å². The SMILES string of the molecule is C1CC[Si]OC1.NC(=O)CS. The lowest BCUT2D eigenvalue weighted by Gasteiger charge is -2.06. The van der Waals surface area contributed by atoms with Crippen LogP contribution in [0.3, 0.4) is 0 Å². The Morgan fingerprint density at radius 1 is 1.64 bits per heavy atom. The number of primary amides is 1. The van der Waals surface area contributed by atoms with E-state index >= 15 is 0 Å². The van der Waals surface area contributed by atoms with Crippen LogP contribution in [0.4, 0.5) is 0 Å². The predicted molar refractivity (Wildman–Crippen MR) is 48.8 cm³/mol. The first-order chi connectivity index (χ1) is 5.27. The molecule has 0 aromatic rings. The molecule has 5 heteroatoms. The molecule has 0 aromatic heterocycles. The highest BCUT2D eigenvalue weighted by molar-refractivity contribution is 7.81. The van der Waals surface area contributed by atoms with E-state index in [4.69, 9.17) is 4.43 Å². The summed E-state index contributed by atoms with van der Waals surface area (Å²) in [5.74, 6) is -0.242. The molecule has 11 heavy (non-hydrogen) atoms. The van der Waals surface area contributed by atoms with Crippen LogP contribution < -0.4 is 5.73 Å². The van der Waals surface area contributed by atoms with Crippen molar-refractivity contribution in [1.29, 1.82) is 0 Å². The molecule has 1 heterocycles. The first kappa shape index (κ1) is 11.0. The molecule has 1 rings (SSSR count). The van der Waals surface area contributed by atoms with Crippen molar-refractivity contribution in [2.24, 2.45) is 5.73 Å². The van der Waals surface area contributed by atoms with Crippen molar-refractivity contribution in [2.75, 3.05) is 12.4 Å². The second-order valence-electron chi connectivity index (χ2n) is 2.07. The third-order valence-electron chi connectivity index (χ3n) is 1.03. The van der Waals surface area contributed by atoms with Crippen molar-refractivity contribution in [2.45, 2.75) is 18.9 Å². The standard InChI is InChI=1S/C4H8OSi.C2H5NOS/c1-2-4-6-5-3-1;3-2(4)1-5/h1-4H2;5H,1H2,(H2,3,4). The summed E-state index contributed by atoms with van der Waals surface area (Å²) in [6.45, 7) is 1.01. The van der Waals surface area contributed by atoms with Gasteiger partial charge < -0.3 is 10.2 Å². The van der Waals surface area contributed by atoms with Gasteiger partial charge in [-0.25, -0.2) is 0 Å². The molecular formula is C6H13NO2SSi. The Kier molecular flexibility index (Phi) is 8.09. The van der Waals surface area contributed by atoms with Gasteiger partial charge in [0.15, 0.2) is 0 Å². The molecule has 0 saturated carbocycles. The fourth-order valence-corrected chi connectivity index (χ4v) is 1.34. The molecule has 64 valence electrons. The number of hydrogen-bond acceptors (Lipinski definition) is 3. The molecule has 2 N–H and O–H groups in total. The van der Waals surface area contributed by atoms with Crippen molar-refractivity contribution in [3.63, 3.8) is 0 Å². The number of carbonyl (C=O) groups is 1. The summed E-state index contributed by atoms with van der Waals surface area (Å²) >= 11 is 3.54. The molecule has 0 unspecified atom stereocenters. The predicted octanol–water partition coefficient (Wildman–Crippen LogP) is 0.236. The van der Waals surface area contributed by atoms with Crippen LogP contribution in [0.25, 0.3) is 0 Å². The minimum atomic E-state index is -0.381. The average Bonchev–Trinajstić information content (AvgIpc) is 2.09. The van der Waals surface area contributed by atoms with Gasteiger partial charge in [-0.2, -0.15) is 12.6 Å². The third kappa shape index (κ3) is 10.00. The van der Waals surface area contributed by atoms with Crippen LogP contribution >= 0.6 is 12.6 Å². The van der Waals surface area contributed by atoms with E-state index in [-0.39, 0.29) is 11.7 Å². The highest BCUT2D eigenvalue weighted by atomic mass is 32.1. The quantitative estimate of drug-likeness (QED) is 0.461. The maximum atomic E-state index is 9.51. The fraction of sp³-hybridized carbons (Fsp3) is 0.833. The van der Waals surface area contributed by atoms with E-state index in [0.29, 0.717) is 0 Å². The molecule has 0 aromatic carbocycles. The average molecular weight is 191 g/mol. The minimum absolute atomic E-state index is 0.139. The maximum absolute atomic E-state index is 9.51. The zero-order valence-electron chi connectivity index (χ0n) is 6.38. The number of nitrogens with two attached hydrogens (primary N) is 1. The summed E-state index contributed by atoms with van der Waals surface area (Å²) in [6, 6.07) is 1.31. The third-order valence-corrected chi connectivity index (χ3v) is 2.31. The topological polar surface area (TPSA) is 52.3 Å². The molecule has 0 aliphatic carbocycles. The van der Waals surface area contributed by atoms with Gasteiger partial charge in [0.05, 0.1) is 5.75 Å². The molecule has 1 aliphatic rings. The van der Waals surface area contributed by atoms with E-state index in [1.807, 2.05) is 0 Å². The van der Waals surface area contributed by atoms with Crippen molar-refractivity contribution in [1.82, 2.24) is 0 Å². The van der Waals surface area contributed by atoms with Gasteiger partial charge in [0.2, 0.25) is 15.7 Å². The van der Waals surface area contributed by atoms with Crippen LogP contribution in [0.15, 0.2) is 0 Å². The van der Waals surface area contributed by atoms with Gasteiger partial charge >= 0.3 is 0 Å². The summed E-state index contributed by atoms with van der Waals surface area (Å²) in [4.78, 5) is 9.51. The highest BCUT2D eigenvalue weighted by Crippen LogP contribution is 2.01. The molecule has 0 spiro atoms. The van der Waals surface area contributed by atoms with Crippen LogP contribution in [-0.4, -0.2) is 28.0 Å². The lowest BCUT2D eigenvalue weighted by Crippen LogP contribution is -2.10. The zero-order chi connectivity index (χ0) is 8.53. The lowest BCUT2D eigenvalue weighted by molar-refractivity contribution is -0.115. The number of amides is 1. The van der Waals surface area contributed by atoms with Gasteiger partial charge in [0, 0.05) is 6.61 Å². The summed E-state index contributed by atoms with van der Waals surface area (Å²) in [5.41, 5.74) is 4.58. The Balaban J connectivity index is 0.000000187. The fourth-order valence-electron chi connectivity index (χ4n) is 0.516. The summed E-state index contributed by atoms with van der Waals surface area (Å²) in [7, 11) is 0.802. The van der Waals surface area contributed by atoms with Gasteiger partial charge in [-0.15, -0.1) is 0 Å². The lowest BCUT2D eigenvalue weighted by atomic mass is 10.4.